The molecule has 1 aliphatic carbocycles. The summed E-state index contributed by atoms with van der Waals surface area (Å²) in [6, 6.07) is -0.257. The van der Waals surface area contributed by atoms with Crippen molar-refractivity contribution < 1.29 is 4.79 Å². The minimum absolute atomic E-state index is 0.0342. The van der Waals surface area contributed by atoms with Gasteiger partial charge in [-0.2, -0.15) is 10.1 Å². The molecule has 3 heterocycles. The highest BCUT2D eigenvalue weighted by Crippen LogP contribution is 2.32. The van der Waals surface area contributed by atoms with E-state index in [1.54, 1.807) is 0 Å². The zero-order valence-corrected chi connectivity index (χ0v) is 17.6. The molecule has 0 saturated heterocycles. The molecule has 4 rings (SSSR count). The van der Waals surface area contributed by atoms with Crippen LogP contribution in [0.15, 0.2) is 12.4 Å². The molecule has 1 amide bonds. The number of rotatable bonds is 6. The number of fused-ring (bicyclic) bond motifs is 1. The van der Waals surface area contributed by atoms with E-state index in [2.05, 4.69) is 36.6 Å². The fourth-order valence-electron chi connectivity index (χ4n) is 4.22. The first kappa shape index (κ1) is 19.7. The van der Waals surface area contributed by atoms with Gasteiger partial charge in [-0.25, -0.2) is 4.98 Å². The van der Waals surface area contributed by atoms with Crippen LogP contribution in [0.25, 0.3) is 0 Å². The zero-order chi connectivity index (χ0) is 20.4. The molecule has 0 unspecified atom stereocenters. The Morgan fingerprint density at radius 1 is 1.24 bits per heavy atom. The third-order valence-electron chi connectivity index (χ3n) is 6.24. The van der Waals surface area contributed by atoms with Gasteiger partial charge >= 0.3 is 0 Å². The SMILES string of the molecule is Cc1nc(NCc2cnn(CCC3CCCCC3)c2)nc2c1NC(=O)[C@H](C)N2C. The normalized spacial score (nSPS) is 19.8. The standard InChI is InChI=1S/C21H31N7O/c1-14-18-19(27(3)15(2)20(29)25-18)26-21(24-14)22-11-17-12-23-28(13-17)10-9-16-7-5-4-6-8-16/h12-13,15-16H,4-11H2,1-3H3,(H,25,29)(H,22,24,26)/t15-/m0/s1. The van der Waals surface area contributed by atoms with Crippen LogP contribution in [0, 0.1) is 12.8 Å². The van der Waals surface area contributed by atoms with E-state index in [0.29, 0.717) is 18.2 Å². The van der Waals surface area contributed by atoms with Crippen molar-refractivity contribution in [3.05, 3.63) is 23.7 Å². The number of nitrogens with one attached hydrogen (secondary N) is 2. The van der Waals surface area contributed by atoms with Crippen molar-refractivity contribution in [2.45, 2.75) is 71.5 Å². The highest BCUT2D eigenvalue weighted by atomic mass is 16.2. The second-order valence-electron chi connectivity index (χ2n) is 8.37. The predicted octanol–water partition coefficient (Wildman–Crippen LogP) is 3.34. The van der Waals surface area contributed by atoms with Gasteiger partial charge in [-0.3, -0.25) is 9.48 Å². The van der Waals surface area contributed by atoms with E-state index in [4.69, 9.17) is 0 Å². The number of anilines is 3. The minimum atomic E-state index is -0.257. The molecule has 2 aliphatic rings. The molecule has 1 aliphatic heterocycles. The fraction of sp³-hybridized carbons (Fsp3) is 0.619. The van der Waals surface area contributed by atoms with Crippen molar-refractivity contribution in [1.82, 2.24) is 19.7 Å². The van der Waals surface area contributed by atoms with Crippen molar-refractivity contribution in [2.75, 3.05) is 22.6 Å². The molecular formula is C21H31N7O. The van der Waals surface area contributed by atoms with Crippen LogP contribution < -0.4 is 15.5 Å². The summed E-state index contributed by atoms with van der Waals surface area (Å²) in [5.74, 6) is 2.14. The van der Waals surface area contributed by atoms with Gasteiger partial charge in [0.25, 0.3) is 0 Å². The van der Waals surface area contributed by atoms with Gasteiger partial charge in [0.05, 0.1) is 11.9 Å². The Bertz CT molecular complexity index is 872. The Balaban J connectivity index is 1.36. The first-order valence-electron chi connectivity index (χ1n) is 10.7. The van der Waals surface area contributed by atoms with Crippen molar-refractivity contribution >= 4 is 23.4 Å². The van der Waals surface area contributed by atoms with Crippen LogP contribution >= 0.6 is 0 Å². The van der Waals surface area contributed by atoms with E-state index in [-0.39, 0.29) is 11.9 Å². The molecule has 0 radical (unpaired) electrons. The first-order chi connectivity index (χ1) is 14.0. The van der Waals surface area contributed by atoms with Crippen LogP contribution in [0.1, 0.15) is 56.7 Å². The van der Waals surface area contributed by atoms with Gasteiger partial charge in [0.2, 0.25) is 11.9 Å². The predicted molar refractivity (Wildman–Crippen MR) is 114 cm³/mol. The summed E-state index contributed by atoms with van der Waals surface area (Å²) >= 11 is 0. The van der Waals surface area contributed by atoms with Crippen molar-refractivity contribution in [3.8, 4) is 0 Å². The van der Waals surface area contributed by atoms with Gasteiger partial charge in [0.1, 0.15) is 11.7 Å². The molecule has 1 saturated carbocycles. The number of nitrogens with zero attached hydrogens (tertiary/aromatic N) is 5. The minimum Gasteiger partial charge on any atom is -0.350 e. The molecule has 0 spiro atoms. The summed E-state index contributed by atoms with van der Waals surface area (Å²) in [7, 11) is 1.88. The second-order valence-corrected chi connectivity index (χ2v) is 8.37. The molecule has 1 atom stereocenters. The summed E-state index contributed by atoms with van der Waals surface area (Å²) in [6.45, 7) is 5.36. The largest absolute Gasteiger partial charge is 0.350 e. The van der Waals surface area contributed by atoms with Gasteiger partial charge in [-0.05, 0) is 26.2 Å². The third kappa shape index (κ3) is 4.36. The van der Waals surface area contributed by atoms with Gasteiger partial charge in [-0.1, -0.05) is 32.1 Å². The van der Waals surface area contributed by atoms with Crippen molar-refractivity contribution in [2.24, 2.45) is 5.92 Å². The third-order valence-corrected chi connectivity index (χ3v) is 6.24. The van der Waals surface area contributed by atoms with E-state index in [9.17, 15) is 4.79 Å². The summed E-state index contributed by atoms with van der Waals surface area (Å²) in [6.07, 6.45) is 12.2. The lowest BCUT2D eigenvalue weighted by Crippen LogP contribution is -2.44. The van der Waals surface area contributed by atoms with E-state index < -0.39 is 0 Å². The molecule has 2 aromatic heterocycles. The maximum atomic E-state index is 12.0. The molecule has 29 heavy (non-hydrogen) atoms. The summed E-state index contributed by atoms with van der Waals surface area (Å²) in [4.78, 5) is 23.1. The lowest BCUT2D eigenvalue weighted by molar-refractivity contribution is -0.117. The quantitative estimate of drug-likeness (QED) is 0.777. The molecule has 2 N–H and O–H groups in total. The highest BCUT2D eigenvalue weighted by Gasteiger charge is 2.30. The van der Waals surface area contributed by atoms with Crippen LogP contribution in [0.2, 0.25) is 0 Å². The number of hydrogen-bond acceptors (Lipinski definition) is 6. The Labute approximate surface area is 172 Å². The smallest absolute Gasteiger partial charge is 0.246 e. The van der Waals surface area contributed by atoms with E-state index in [0.717, 1.165) is 29.5 Å². The number of aromatic nitrogens is 4. The topological polar surface area (TPSA) is 88.0 Å². The number of likely N-dealkylation sites (N-methyl/N-ethyl adjacent to an activating group) is 1. The zero-order valence-electron chi connectivity index (χ0n) is 17.6. The first-order valence-corrected chi connectivity index (χ1v) is 10.7. The maximum Gasteiger partial charge on any atom is 0.246 e. The van der Waals surface area contributed by atoms with Crippen LogP contribution in [0.5, 0.6) is 0 Å². The Morgan fingerprint density at radius 3 is 2.83 bits per heavy atom. The molecule has 8 heteroatoms. The van der Waals surface area contributed by atoms with Crippen LogP contribution in [0.3, 0.4) is 0 Å². The van der Waals surface area contributed by atoms with Crippen LogP contribution in [-0.2, 0) is 17.9 Å². The van der Waals surface area contributed by atoms with Gasteiger partial charge in [0, 0.05) is 31.9 Å². The number of carbonyl (C=O) groups excluding carboxylic acids is 1. The van der Waals surface area contributed by atoms with Gasteiger partial charge in [-0.15, -0.1) is 0 Å². The van der Waals surface area contributed by atoms with Crippen LogP contribution in [-0.4, -0.2) is 38.7 Å². The van der Waals surface area contributed by atoms with Gasteiger partial charge in [0.15, 0.2) is 5.82 Å². The monoisotopic (exact) mass is 397 g/mol. The Morgan fingerprint density at radius 2 is 2.03 bits per heavy atom. The van der Waals surface area contributed by atoms with E-state index >= 15 is 0 Å². The van der Waals surface area contributed by atoms with Crippen molar-refractivity contribution in [3.63, 3.8) is 0 Å². The van der Waals surface area contributed by atoms with E-state index in [1.165, 1.54) is 38.5 Å². The molecular weight excluding hydrogens is 366 g/mol. The molecule has 156 valence electrons. The average Bonchev–Trinajstić information content (AvgIpc) is 3.19. The Kier molecular flexibility index (Phi) is 5.69. The fourth-order valence-corrected chi connectivity index (χ4v) is 4.22. The number of hydrogen-bond donors (Lipinski definition) is 2. The lowest BCUT2D eigenvalue weighted by atomic mass is 9.87. The number of amides is 1. The second kappa shape index (κ2) is 8.39. The van der Waals surface area contributed by atoms with Crippen LogP contribution in [0.4, 0.5) is 17.5 Å². The summed E-state index contributed by atoms with van der Waals surface area (Å²) in [5, 5.41) is 10.7. The number of carbonyl (C=O) groups is 1. The molecule has 1 fully saturated rings. The number of aryl methyl sites for hydroxylation is 2. The summed E-state index contributed by atoms with van der Waals surface area (Å²) < 4.78 is 2.05. The molecule has 8 nitrogen and oxygen atoms in total. The van der Waals surface area contributed by atoms with E-state index in [1.807, 2.05) is 32.0 Å². The van der Waals surface area contributed by atoms with Crippen molar-refractivity contribution in [1.29, 1.82) is 0 Å². The molecule has 0 aromatic carbocycles. The Hall–Kier alpha value is -2.64. The highest BCUT2D eigenvalue weighted by molar-refractivity contribution is 6.03. The van der Waals surface area contributed by atoms with Gasteiger partial charge < -0.3 is 15.5 Å². The maximum absolute atomic E-state index is 12.0. The lowest BCUT2D eigenvalue weighted by Gasteiger charge is -2.32. The molecule has 0 bridgehead atoms. The summed E-state index contributed by atoms with van der Waals surface area (Å²) in [5.41, 5.74) is 2.56. The average molecular weight is 398 g/mol. The molecule has 2 aromatic rings.